The highest BCUT2D eigenvalue weighted by molar-refractivity contribution is 5.96. The molecule has 3 rings (SSSR count). The summed E-state index contributed by atoms with van der Waals surface area (Å²) in [6.07, 6.45) is 6.78. The van der Waals surface area contributed by atoms with Crippen molar-refractivity contribution in [3.05, 3.63) is 89.2 Å². The smallest absolute Gasteiger partial charge is 0.254 e. The van der Waals surface area contributed by atoms with Crippen molar-refractivity contribution < 1.29 is 19.1 Å². The third-order valence-corrected chi connectivity index (χ3v) is 7.60. The molecule has 0 radical (unpaired) electrons. The van der Waals surface area contributed by atoms with Crippen molar-refractivity contribution in [3.63, 3.8) is 0 Å². The average Bonchev–Trinajstić information content (AvgIpc) is 3.44. The summed E-state index contributed by atoms with van der Waals surface area (Å²) in [5.74, 6) is 0.641. The number of hydrogen-bond acceptors (Lipinski definition) is 4. The first kappa shape index (κ1) is 31.9. The van der Waals surface area contributed by atoms with Crippen LogP contribution >= 0.6 is 0 Å². The lowest BCUT2D eigenvalue weighted by molar-refractivity contribution is -0.134. The number of ether oxygens (including phenoxy) is 2. The first-order chi connectivity index (χ1) is 19.9. The van der Waals surface area contributed by atoms with E-state index in [0.29, 0.717) is 38.2 Å². The Morgan fingerprint density at radius 3 is 2.41 bits per heavy atom. The van der Waals surface area contributed by atoms with Gasteiger partial charge in [-0.05, 0) is 80.1 Å². The summed E-state index contributed by atoms with van der Waals surface area (Å²) in [7, 11) is 3.32. The van der Waals surface area contributed by atoms with Gasteiger partial charge in [0.15, 0.2) is 0 Å². The van der Waals surface area contributed by atoms with Crippen LogP contribution < -0.4 is 4.74 Å². The molecule has 0 aliphatic carbocycles. The molecular formula is C34H47N3O4. The van der Waals surface area contributed by atoms with E-state index in [1.54, 1.807) is 19.1 Å². The molecule has 0 N–H and O–H groups in total. The summed E-state index contributed by atoms with van der Waals surface area (Å²) in [6, 6.07) is 20.0. The minimum atomic E-state index is -0.123. The lowest BCUT2D eigenvalue weighted by Gasteiger charge is -2.32. The van der Waals surface area contributed by atoms with E-state index in [0.717, 1.165) is 42.7 Å². The van der Waals surface area contributed by atoms with Gasteiger partial charge < -0.3 is 23.8 Å². The zero-order valence-corrected chi connectivity index (χ0v) is 25.5. The third-order valence-electron chi connectivity index (χ3n) is 7.60. The highest BCUT2D eigenvalue weighted by atomic mass is 16.5. The van der Waals surface area contributed by atoms with E-state index in [1.165, 1.54) is 5.56 Å². The van der Waals surface area contributed by atoms with Crippen LogP contribution in [0.25, 0.3) is 0 Å². The predicted molar refractivity (Wildman–Crippen MR) is 164 cm³/mol. The van der Waals surface area contributed by atoms with Crippen molar-refractivity contribution in [2.24, 2.45) is 0 Å². The number of amides is 2. The fourth-order valence-electron chi connectivity index (χ4n) is 4.88. The topological polar surface area (TPSA) is 64.0 Å². The van der Waals surface area contributed by atoms with Gasteiger partial charge in [-0.15, -0.1) is 0 Å². The van der Waals surface area contributed by atoms with Crippen molar-refractivity contribution in [1.29, 1.82) is 0 Å². The Labute approximate surface area is 246 Å². The van der Waals surface area contributed by atoms with E-state index >= 15 is 0 Å². The summed E-state index contributed by atoms with van der Waals surface area (Å²) in [6.45, 7) is 8.49. The second-order valence-electron chi connectivity index (χ2n) is 10.6. The molecule has 2 amide bonds. The van der Waals surface area contributed by atoms with E-state index in [-0.39, 0.29) is 24.4 Å². The number of carbonyl (C=O) groups excluding carboxylic acids is 2. The first-order valence-electron chi connectivity index (χ1n) is 14.8. The molecule has 2 aromatic carbocycles. The number of methoxy groups -OCH3 is 2. The molecule has 1 atom stereocenters. The lowest BCUT2D eigenvalue weighted by Crippen LogP contribution is -2.46. The maximum Gasteiger partial charge on any atom is 0.254 e. The monoisotopic (exact) mass is 561 g/mol. The number of nitrogens with zero attached hydrogens (tertiary/aromatic N) is 3. The molecule has 1 aromatic heterocycles. The Hall–Kier alpha value is -3.58. The Morgan fingerprint density at radius 1 is 0.951 bits per heavy atom. The van der Waals surface area contributed by atoms with Crippen LogP contribution in [-0.2, 0) is 29.0 Å². The maximum atomic E-state index is 13.8. The van der Waals surface area contributed by atoms with Crippen LogP contribution in [0, 0.1) is 0 Å². The second kappa shape index (κ2) is 16.6. The summed E-state index contributed by atoms with van der Waals surface area (Å²) in [5, 5.41) is 0. The number of aromatic nitrogens is 1. The molecule has 0 aliphatic heterocycles. The van der Waals surface area contributed by atoms with Crippen molar-refractivity contribution in [1.82, 2.24) is 14.4 Å². The van der Waals surface area contributed by atoms with Crippen LogP contribution in [0.1, 0.15) is 73.6 Å². The number of carbonyl (C=O) groups is 2. The number of aryl methyl sites for hydroxylation is 1. The largest absolute Gasteiger partial charge is 0.497 e. The first-order valence-corrected chi connectivity index (χ1v) is 14.8. The zero-order chi connectivity index (χ0) is 29.6. The van der Waals surface area contributed by atoms with E-state index in [2.05, 4.69) is 37.5 Å². The van der Waals surface area contributed by atoms with Crippen LogP contribution in [0.5, 0.6) is 5.75 Å². The van der Waals surface area contributed by atoms with Gasteiger partial charge in [0.05, 0.1) is 13.7 Å². The Kier molecular flexibility index (Phi) is 13.0. The van der Waals surface area contributed by atoms with Crippen LogP contribution in [0.4, 0.5) is 0 Å². The minimum absolute atomic E-state index is 0.0245. The van der Waals surface area contributed by atoms with Gasteiger partial charge in [0.2, 0.25) is 5.91 Å². The molecule has 1 heterocycles. The van der Waals surface area contributed by atoms with E-state index in [4.69, 9.17) is 9.47 Å². The zero-order valence-electron chi connectivity index (χ0n) is 25.5. The molecule has 7 nitrogen and oxygen atoms in total. The summed E-state index contributed by atoms with van der Waals surface area (Å²) >= 11 is 0. The number of benzene rings is 2. The summed E-state index contributed by atoms with van der Waals surface area (Å²) < 4.78 is 12.8. The quantitative estimate of drug-likeness (QED) is 0.184. The van der Waals surface area contributed by atoms with Crippen molar-refractivity contribution >= 4 is 11.8 Å². The van der Waals surface area contributed by atoms with Crippen LogP contribution in [0.3, 0.4) is 0 Å². The maximum absolute atomic E-state index is 13.8. The molecule has 0 bridgehead atoms. The van der Waals surface area contributed by atoms with Crippen LogP contribution in [0.15, 0.2) is 66.9 Å². The third kappa shape index (κ3) is 9.49. The predicted octanol–water partition coefficient (Wildman–Crippen LogP) is 6.19. The molecular weight excluding hydrogens is 514 g/mol. The molecule has 0 aliphatic rings. The Morgan fingerprint density at radius 2 is 1.73 bits per heavy atom. The molecule has 7 heteroatoms. The molecule has 0 fully saturated rings. The molecule has 3 aromatic rings. The molecule has 1 unspecified atom stereocenters. The highest BCUT2D eigenvalue weighted by Gasteiger charge is 2.25. The van der Waals surface area contributed by atoms with E-state index in [9.17, 15) is 9.59 Å². The van der Waals surface area contributed by atoms with Crippen molar-refractivity contribution in [3.8, 4) is 5.75 Å². The molecule has 0 saturated carbocycles. The summed E-state index contributed by atoms with van der Waals surface area (Å²) in [5.41, 5.74) is 4.00. The van der Waals surface area contributed by atoms with Crippen LogP contribution in [0.2, 0.25) is 0 Å². The normalized spacial score (nSPS) is 11.7. The average molecular weight is 562 g/mol. The number of rotatable bonds is 17. The molecule has 0 spiro atoms. The van der Waals surface area contributed by atoms with Gasteiger partial charge in [0.25, 0.3) is 5.91 Å². The van der Waals surface area contributed by atoms with E-state index < -0.39 is 0 Å². The van der Waals surface area contributed by atoms with Crippen molar-refractivity contribution in [2.45, 2.75) is 72.0 Å². The SMILES string of the molecule is CCCCc1ccc(C(=O)N(CCCOC)CC(=O)N(Cc2cccn2Cc2cccc(OC)c2)C(C)CC)cc1. The molecule has 41 heavy (non-hydrogen) atoms. The van der Waals surface area contributed by atoms with Gasteiger partial charge >= 0.3 is 0 Å². The van der Waals surface area contributed by atoms with Gasteiger partial charge in [0, 0.05) is 50.3 Å². The molecule has 0 saturated heterocycles. The summed E-state index contributed by atoms with van der Waals surface area (Å²) in [4.78, 5) is 31.0. The Bertz CT molecular complexity index is 1220. The number of hydrogen-bond donors (Lipinski definition) is 0. The second-order valence-corrected chi connectivity index (χ2v) is 10.6. The van der Waals surface area contributed by atoms with Gasteiger partial charge in [-0.3, -0.25) is 9.59 Å². The van der Waals surface area contributed by atoms with E-state index in [1.807, 2.05) is 59.6 Å². The highest BCUT2D eigenvalue weighted by Crippen LogP contribution is 2.18. The standard InChI is InChI=1S/C34H47N3O4/c1-6-8-12-28-16-18-30(19-17-28)34(39)36(21-11-22-40-4)26-33(38)37(27(3)7-2)25-31-14-10-20-35(31)24-29-13-9-15-32(23-29)41-5/h9-10,13-20,23,27H,6-8,11-12,21-22,24-26H2,1-5H3. The molecule has 222 valence electrons. The number of unbranched alkanes of at least 4 members (excludes halogenated alkanes) is 1. The lowest BCUT2D eigenvalue weighted by atomic mass is 10.1. The van der Waals surface area contributed by atoms with Crippen LogP contribution in [-0.4, -0.2) is 66.1 Å². The fourth-order valence-corrected chi connectivity index (χ4v) is 4.88. The van der Waals surface area contributed by atoms with Crippen molar-refractivity contribution in [2.75, 3.05) is 33.9 Å². The van der Waals surface area contributed by atoms with Gasteiger partial charge in [-0.2, -0.15) is 0 Å². The fraction of sp³-hybridized carbons (Fsp3) is 0.471. The minimum Gasteiger partial charge on any atom is -0.497 e. The Balaban J connectivity index is 1.77. The van der Waals surface area contributed by atoms with Gasteiger partial charge in [-0.25, -0.2) is 0 Å². The van der Waals surface area contributed by atoms with Gasteiger partial charge in [0.1, 0.15) is 12.3 Å². The van der Waals surface area contributed by atoms with Gasteiger partial charge in [-0.1, -0.05) is 44.5 Å².